The van der Waals surface area contributed by atoms with Crippen molar-refractivity contribution >= 4 is 39.5 Å². The van der Waals surface area contributed by atoms with Crippen LogP contribution in [-0.4, -0.2) is 96.7 Å². The first-order chi connectivity index (χ1) is 50.5. The van der Waals surface area contributed by atoms with Crippen LogP contribution in [-0.2, 0) is 65.4 Å². The normalized spacial score (nSPS) is 13.9. The Bertz CT molecular complexity index is 2070. The number of hydrogen-bond donors (Lipinski definition) is 3. The Hall–Kier alpha value is -2.46. The highest BCUT2D eigenvalue weighted by Crippen LogP contribution is 2.45. The molecule has 0 rings (SSSR count). The maximum Gasteiger partial charge on any atom is 0.472 e. The van der Waals surface area contributed by atoms with E-state index in [1.807, 2.05) is 0 Å². The number of phosphoric ester groups is 2. The summed E-state index contributed by atoms with van der Waals surface area (Å²) in [5.41, 5.74) is 0. The molecule has 0 aliphatic rings. The molecular weight excluding hydrogens is 1350 g/mol. The summed E-state index contributed by atoms with van der Waals surface area (Å²) in [5, 5.41) is 10.7. The quantitative estimate of drug-likeness (QED) is 0.0169. The maximum absolute atomic E-state index is 13.1. The SMILES string of the molecule is CCCCCC/C=C\C=C/CCCCCCCC(=O)O[C@H](COC(=O)CCCCCCCCCCCC(C)C)COP(=O)(O)OC[C@H](O)COP(=O)(O)OC[C@@H](COC(=O)CCCCCCCCCCCCCCCCCCC)OC(=O)CCCCCCCCCCCCCCCCCCCCCC. The molecule has 0 aromatic carbocycles. The molecule has 0 bridgehead atoms. The second-order valence-corrected chi connectivity index (χ2v) is 33.3. The summed E-state index contributed by atoms with van der Waals surface area (Å²) in [6.07, 6.45) is 73.0. The molecule has 5 atom stereocenters. The molecule has 0 fully saturated rings. The van der Waals surface area contributed by atoms with Gasteiger partial charge in [0.1, 0.15) is 19.3 Å². The Morgan fingerprint density at radius 2 is 0.519 bits per heavy atom. The number of carbonyl (C=O) groups is 4. The van der Waals surface area contributed by atoms with Crippen LogP contribution in [0.3, 0.4) is 0 Å². The highest BCUT2D eigenvalue weighted by atomic mass is 31.2. The van der Waals surface area contributed by atoms with Gasteiger partial charge >= 0.3 is 39.5 Å². The van der Waals surface area contributed by atoms with Crippen molar-refractivity contribution in [2.75, 3.05) is 39.6 Å². The fourth-order valence-electron chi connectivity index (χ4n) is 12.8. The molecule has 0 radical (unpaired) electrons. The number of ether oxygens (including phenoxy) is 4. The Morgan fingerprint density at radius 1 is 0.298 bits per heavy atom. The van der Waals surface area contributed by atoms with Gasteiger partial charge in [0.15, 0.2) is 12.2 Å². The predicted octanol–water partition coefficient (Wildman–Crippen LogP) is 25.5. The van der Waals surface area contributed by atoms with E-state index < -0.39 is 97.5 Å². The maximum atomic E-state index is 13.1. The fourth-order valence-corrected chi connectivity index (χ4v) is 14.3. The van der Waals surface area contributed by atoms with Gasteiger partial charge in [-0.25, -0.2) is 9.13 Å². The zero-order valence-electron chi connectivity index (χ0n) is 67.7. The number of allylic oxidation sites excluding steroid dienone is 4. The second-order valence-electron chi connectivity index (χ2n) is 30.4. The van der Waals surface area contributed by atoms with Crippen molar-refractivity contribution in [3.63, 3.8) is 0 Å². The van der Waals surface area contributed by atoms with Gasteiger partial charge in [0.25, 0.3) is 0 Å². The van der Waals surface area contributed by atoms with E-state index >= 15 is 0 Å². The average Bonchev–Trinajstić information content (AvgIpc) is 0.910. The van der Waals surface area contributed by atoms with Crippen molar-refractivity contribution in [2.45, 2.75) is 451 Å². The molecule has 0 saturated carbocycles. The first-order valence-corrected chi connectivity index (χ1v) is 46.4. The standard InChI is InChI=1S/C85H162O17P2/c1-6-9-12-15-18-21-24-27-30-32-33-34-36-39-42-45-50-56-61-66-71-85(90)101-80(74-95-82(87)68-63-58-53-48-43-40-38-35-31-28-25-22-19-16-13-10-7-2)76-99-103(91,92)97-72-79(86)73-98-104(93,94)100-77-81(75-96-83(88)69-64-59-54-51-46-47-52-57-62-67-78(4)5)102-84(89)70-65-60-55-49-44-41-37-29-26-23-20-17-14-11-8-3/h23,26,29,37,78-81,86H,6-22,24-25,27-28,30-36,38-77H2,1-5H3,(H,91,92)(H,93,94)/b26-23-,37-29-/t79-,80-,81-/m1/s1. The number of phosphoric acid groups is 2. The lowest BCUT2D eigenvalue weighted by molar-refractivity contribution is -0.161. The molecule has 104 heavy (non-hydrogen) atoms. The van der Waals surface area contributed by atoms with Crippen molar-refractivity contribution < 1.29 is 80.2 Å². The molecule has 614 valence electrons. The molecule has 0 heterocycles. The lowest BCUT2D eigenvalue weighted by Crippen LogP contribution is -2.30. The minimum absolute atomic E-state index is 0.0852. The summed E-state index contributed by atoms with van der Waals surface area (Å²) < 4.78 is 68.8. The van der Waals surface area contributed by atoms with Gasteiger partial charge < -0.3 is 33.8 Å². The summed E-state index contributed by atoms with van der Waals surface area (Å²) in [6.45, 7) is 7.27. The first kappa shape index (κ1) is 102. The lowest BCUT2D eigenvalue weighted by atomic mass is 10.0. The molecule has 0 aromatic heterocycles. The zero-order valence-corrected chi connectivity index (χ0v) is 69.4. The van der Waals surface area contributed by atoms with Crippen LogP contribution in [0.1, 0.15) is 433 Å². The van der Waals surface area contributed by atoms with Gasteiger partial charge in [-0.2, -0.15) is 0 Å². The third-order valence-corrected chi connectivity index (χ3v) is 21.3. The van der Waals surface area contributed by atoms with E-state index in [-0.39, 0.29) is 25.7 Å². The van der Waals surface area contributed by atoms with E-state index in [4.69, 9.17) is 37.0 Å². The monoisotopic (exact) mass is 1520 g/mol. The van der Waals surface area contributed by atoms with Crippen LogP contribution in [0.4, 0.5) is 0 Å². The highest BCUT2D eigenvalue weighted by molar-refractivity contribution is 7.47. The van der Waals surface area contributed by atoms with Crippen LogP contribution in [0, 0.1) is 5.92 Å². The summed E-state index contributed by atoms with van der Waals surface area (Å²) >= 11 is 0. The van der Waals surface area contributed by atoms with Gasteiger partial charge in [-0.3, -0.25) is 37.3 Å². The van der Waals surface area contributed by atoms with Gasteiger partial charge in [0.05, 0.1) is 26.4 Å². The Kier molecular flexibility index (Phi) is 75.4. The summed E-state index contributed by atoms with van der Waals surface area (Å²) in [6, 6.07) is 0. The number of rotatable bonds is 83. The van der Waals surface area contributed by atoms with Crippen molar-refractivity contribution in [2.24, 2.45) is 5.92 Å². The average molecular weight is 1520 g/mol. The molecule has 0 amide bonds. The Balaban J connectivity index is 5.28. The number of carbonyl (C=O) groups excluding carboxylic acids is 4. The van der Waals surface area contributed by atoms with Gasteiger partial charge in [0.2, 0.25) is 0 Å². The Morgan fingerprint density at radius 3 is 0.788 bits per heavy atom. The first-order valence-electron chi connectivity index (χ1n) is 43.5. The molecule has 0 aromatic rings. The summed E-state index contributed by atoms with van der Waals surface area (Å²) in [7, 11) is -9.94. The van der Waals surface area contributed by atoms with Crippen LogP contribution in [0.25, 0.3) is 0 Å². The molecule has 19 heteroatoms. The van der Waals surface area contributed by atoms with Crippen molar-refractivity contribution in [1.82, 2.24) is 0 Å². The fraction of sp³-hybridized carbons (Fsp3) is 0.906. The molecular formula is C85H162O17P2. The van der Waals surface area contributed by atoms with Crippen molar-refractivity contribution in [3.05, 3.63) is 24.3 Å². The van der Waals surface area contributed by atoms with Crippen molar-refractivity contribution in [1.29, 1.82) is 0 Å². The van der Waals surface area contributed by atoms with Crippen LogP contribution >= 0.6 is 15.6 Å². The van der Waals surface area contributed by atoms with Crippen LogP contribution in [0.15, 0.2) is 24.3 Å². The number of esters is 4. The molecule has 2 unspecified atom stereocenters. The summed E-state index contributed by atoms with van der Waals surface area (Å²) in [4.78, 5) is 73.2. The number of aliphatic hydroxyl groups excluding tert-OH is 1. The molecule has 0 spiro atoms. The lowest BCUT2D eigenvalue weighted by Gasteiger charge is -2.21. The van der Waals surface area contributed by atoms with Gasteiger partial charge in [-0.15, -0.1) is 0 Å². The number of aliphatic hydroxyl groups is 1. The second kappa shape index (κ2) is 77.3. The minimum Gasteiger partial charge on any atom is -0.462 e. The van der Waals surface area contributed by atoms with Crippen LogP contribution < -0.4 is 0 Å². The molecule has 3 N–H and O–H groups in total. The van der Waals surface area contributed by atoms with Crippen molar-refractivity contribution in [3.8, 4) is 0 Å². The largest absolute Gasteiger partial charge is 0.472 e. The topological polar surface area (TPSA) is 237 Å². The number of hydrogen-bond acceptors (Lipinski definition) is 15. The van der Waals surface area contributed by atoms with E-state index in [1.54, 1.807) is 0 Å². The smallest absolute Gasteiger partial charge is 0.462 e. The molecule has 0 saturated heterocycles. The van der Waals surface area contributed by atoms with E-state index in [2.05, 4.69) is 58.9 Å². The predicted molar refractivity (Wildman–Crippen MR) is 428 cm³/mol. The zero-order chi connectivity index (χ0) is 76.2. The van der Waals surface area contributed by atoms with E-state index in [1.165, 1.54) is 244 Å². The third-order valence-electron chi connectivity index (χ3n) is 19.4. The van der Waals surface area contributed by atoms with E-state index in [9.17, 15) is 43.2 Å². The van der Waals surface area contributed by atoms with E-state index in [0.29, 0.717) is 25.7 Å². The third kappa shape index (κ3) is 77.7. The van der Waals surface area contributed by atoms with Crippen LogP contribution in [0.5, 0.6) is 0 Å². The van der Waals surface area contributed by atoms with E-state index in [0.717, 1.165) is 109 Å². The number of unbranched alkanes of at least 4 members (excludes halogenated alkanes) is 52. The molecule has 0 aliphatic carbocycles. The highest BCUT2D eigenvalue weighted by Gasteiger charge is 2.30. The molecule has 17 nitrogen and oxygen atoms in total. The van der Waals surface area contributed by atoms with Gasteiger partial charge in [-0.1, -0.05) is 380 Å². The minimum atomic E-state index is -4.97. The van der Waals surface area contributed by atoms with Crippen LogP contribution in [0.2, 0.25) is 0 Å². The van der Waals surface area contributed by atoms with Gasteiger partial charge in [-0.05, 0) is 57.3 Å². The Labute approximate surface area is 637 Å². The summed E-state index contributed by atoms with van der Waals surface area (Å²) in [5.74, 6) is -1.39. The van der Waals surface area contributed by atoms with Gasteiger partial charge in [0, 0.05) is 25.7 Å². The molecule has 0 aliphatic heterocycles.